The van der Waals surface area contributed by atoms with E-state index in [4.69, 9.17) is 21.1 Å². The second-order valence-electron chi connectivity index (χ2n) is 5.69. The summed E-state index contributed by atoms with van der Waals surface area (Å²) in [5, 5.41) is 3.60. The number of aliphatic imine (C=N–C) groups is 1. The van der Waals surface area contributed by atoms with Gasteiger partial charge in [-0.3, -0.25) is 4.99 Å². The smallest absolute Gasteiger partial charge is 0.129 e. The van der Waals surface area contributed by atoms with Crippen LogP contribution >= 0.6 is 11.6 Å². The van der Waals surface area contributed by atoms with Crippen molar-refractivity contribution >= 4 is 34.9 Å². The first-order valence-corrected chi connectivity index (χ1v) is 9.06. The highest BCUT2D eigenvalue weighted by Crippen LogP contribution is 2.33. The van der Waals surface area contributed by atoms with Gasteiger partial charge >= 0.3 is 0 Å². The highest BCUT2D eigenvalue weighted by Gasteiger charge is 2.10. The van der Waals surface area contributed by atoms with Crippen LogP contribution in [0.5, 0.6) is 11.5 Å². The normalized spacial score (nSPS) is 10.8. The fourth-order valence-corrected chi connectivity index (χ4v) is 2.64. The molecule has 0 bridgehead atoms. The molecule has 0 aromatic heterocycles. The number of unbranched alkanes of at least 4 members (excludes halogenated alkanes) is 1. The first kappa shape index (κ1) is 19.9. The number of hydrogen-bond donors (Lipinski definition) is 1. The minimum absolute atomic E-state index is 0.499. The van der Waals surface area contributed by atoms with Crippen LogP contribution < -0.4 is 14.8 Å². The van der Waals surface area contributed by atoms with E-state index in [1.165, 1.54) is 0 Å². The molecule has 0 fully saturated rings. The molecule has 0 radical (unpaired) electrons. The fourth-order valence-electron chi connectivity index (χ4n) is 2.38. The van der Waals surface area contributed by atoms with Crippen LogP contribution in [-0.2, 0) is 0 Å². The molecule has 0 unspecified atom stereocenters. The largest absolute Gasteiger partial charge is 0.494 e. The lowest BCUT2D eigenvalue weighted by Crippen LogP contribution is -1.98. The fraction of sp³-hybridized carbons (Fsp3) is 0.286. The Kier molecular flexibility index (Phi) is 7.54. The molecular formula is C21H25ClN2O2. The summed E-state index contributed by atoms with van der Waals surface area (Å²) >= 11 is 6.21. The molecule has 0 amide bonds. The van der Waals surface area contributed by atoms with E-state index in [2.05, 4.69) is 23.8 Å². The van der Waals surface area contributed by atoms with Crippen LogP contribution in [-0.4, -0.2) is 19.9 Å². The molecule has 0 aliphatic carbocycles. The average Bonchev–Trinajstić information content (AvgIpc) is 2.62. The predicted molar refractivity (Wildman–Crippen MR) is 111 cm³/mol. The number of anilines is 1. The van der Waals surface area contributed by atoms with Gasteiger partial charge in [-0.2, -0.15) is 0 Å². The Balaban J connectivity index is 2.20. The van der Waals surface area contributed by atoms with Gasteiger partial charge in [0.1, 0.15) is 17.3 Å². The van der Waals surface area contributed by atoms with E-state index < -0.39 is 0 Å². The Morgan fingerprint density at radius 3 is 2.65 bits per heavy atom. The Bertz CT molecular complexity index is 788. The van der Waals surface area contributed by atoms with E-state index in [9.17, 15) is 0 Å². The summed E-state index contributed by atoms with van der Waals surface area (Å²) in [6, 6.07) is 11.2. The third-order valence-electron chi connectivity index (χ3n) is 3.76. The van der Waals surface area contributed by atoms with Crippen molar-refractivity contribution in [3.63, 3.8) is 0 Å². The molecule has 2 rings (SSSR count). The van der Waals surface area contributed by atoms with Gasteiger partial charge in [0.15, 0.2) is 0 Å². The maximum Gasteiger partial charge on any atom is 0.129 e. The second kappa shape index (κ2) is 9.88. The zero-order valence-corrected chi connectivity index (χ0v) is 16.3. The summed E-state index contributed by atoms with van der Waals surface area (Å²) in [5.41, 5.74) is 2.40. The van der Waals surface area contributed by atoms with Gasteiger partial charge in [-0.25, -0.2) is 0 Å². The van der Waals surface area contributed by atoms with Crippen LogP contribution in [0.3, 0.4) is 0 Å². The van der Waals surface area contributed by atoms with Crippen LogP contribution in [0.25, 0.3) is 5.76 Å². The zero-order chi connectivity index (χ0) is 18.9. The van der Waals surface area contributed by atoms with Crippen LogP contribution in [0.15, 0.2) is 48.0 Å². The van der Waals surface area contributed by atoms with Gasteiger partial charge in [-0.15, -0.1) is 0 Å². The molecule has 1 N–H and O–H groups in total. The number of nitrogens with zero attached hydrogens (tertiary/aromatic N) is 1. The van der Waals surface area contributed by atoms with Crippen molar-refractivity contribution in [3.8, 4) is 11.5 Å². The van der Waals surface area contributed by atoms with Gasteiger partial charge in [-0.05, 0) is 37.6 Å². The monoisotopic (exact) mass is 372 g/mol. The molecule has 0 saturated carbocycles. The van der Waals surface area contributed by atoms with E-state index in [1.54, 1.807) is 12.3 Å². The summed E-state index contributed by atoms with van der Waals surface area (Å²) in [5.74, 6) is 1.91. The number of halogens is 1. The van der Waals surface area contributed by atoms with Gasteiger partial charge < -0.3 is 14.8 Å². The molecule has 26 heavy (non-hydrogen) atoms. The summed E-state index contributed by atoms with van der Waals surface area (Å²) in [4.78, 5) is 4.42. The maximum absolute atomic E-state index is 6.21. The van der Waals surface area contributed by atoms with Gasteiger partial charge in [-0.1, -0.05) is 31.5 Å². The zero-order valence-electron chi connectivity index (χ0n) is 15.5. The number of nitrogens with one attached hydrogen (secondary N) is 1. The van der Waals surface area contributed by atoms with Crippen LogP contribution in [0.1, 0.15) is 32.3 Å². The molecular weight excluding hydrogens is 348 g/mol. The third-order valence-corrected chi connectivity index (χ3v) is 4.07. The number of rotatable bonds is 9. The second-order valence-corrected chi connectivity index (χ2v) is 6.09. The van der Waals surface area contributed by atoms with Crippen molar-refractivity contribution < 1.29 is 9.47 Å². The number of hydrogen-bond acceptors (Lipinski definition) is 4. The van der Waals surface area contributed by atoms with E-state index >= 15 is 0 Å². The lowest BCUT2D eigenvalue weighted by Gasteiger charge is -2.14. The summed E-state index contributed by atoms with van der Waals surface area (Å²) < 4.78 is 11.6. The van der Waals surface area contributed by atoms with E-state index in [0.29, 0.717) is 23.1 Å². The summed E-state index contributed by atoms with van der Waals surface area (Å²) in [6.45, 7) is 8.74. The first-order valence-electron chi connectivity index (χ1n) is 8.69. The van der Waals surface area contributed by atoms with Crippen LogP contribution in [0.2, 0.25) is 5.02 Å². The van der Waals surface area contributed by atoms with Crippen molar-refractivity contribution in [3.05, 3.63) is 53.6 Å². The third kappa shape index (κ3) is 5.27. The molecule has 0 saturated heterocycles. The molecule has 0 aliphatic heterocycles. The Morgan fingerprint density at radius 1 is 1.23 bits per heavy atom. The maximum atomic E-state index is 6.21. The van der Waals surface area contributed by atoms with E-state index in [1.807, 2.05) is 44.3 Å². The molecule has 0 spiro atoms. The molecule has 5 heteroatoms. The lowest BCUT2D eigenvalue weighted by atomic mass is 10.1. The van der Waals surface area contributed by atoms with Gasteiger partial charge in [0, 0.05) is 31.0 Å². The minimum atomic E-state index is 0.499. The highest BCUT2D eigenvalue weighted by molar-refractivity contribution is 6.33. The molecule has 0 heterocycles. The van der Waals surface area contributed by atoms with Crippen molar-refractivity contribution in [2.45, 2.75) is 26.7 Å². The quantitative estimate of drug-likeness (QED) is 0.317. The Hall–Kier alpha value is -2.46. The van der Waals surface area contributed by atoms with Gasteiger partial charge in [0.05, 0.1) is 23.0 Å². The Labute approximate surface area is 160 Å². The van der Waals surface area contributed by atoms with Crippen molar-refractivity contribution in [2.75, 3.05) is 19.0 Å². The van der Waals surface area contributed by atoms with Gasteiger partial charge in [0.25, 0.3) is 0 Å². The van der Waals surface area contributed by atoms with E-state index in [-0.39, 0.29) is 0 Å². The Morgan fingerprint density at radius 2 is 2.00 bits per heavy atom. The molecule has 0 atom stereocenters. The van der Waals surface area contributed by atoms with Crippen LogP contribution in [0.4, 0.5) is 11.4 Å². The molecule has 2 aromatic rings. The van der Waals surface area contributed by atoms with E-state index in [0.717, 1.165) is 35.5 Å². The standard InChI is InChI=1S/C21H25ClN2O2/c1-5-7-12-25-16-8-10-18(21(14-16)24-6-2)15(3)26-17-9-11-20(23-4)19(22)13-17/h6,8-11,13-14,23H,3,5,7,12H2,1-2,4H3. The SMILES string of the molecule is C=C(Oc1ccc(NC)c(Cl)c1)c1ccc(OCCCC)cc1N=CC. The average molecular weight is 373 g/mol. The van der Waals surface area contributed by atoms with Crippen LogP contribution in [0, 0.1) is 0 Å². The number of benzene rings is 2. The van der Waals surface area contributed by atoms with Crippen molar-refractivity contribution in [2.24, 2.45) is 4.99 Å². The lowest BCUT2D eigenvalue weighted by molar-refractivity contribution is 0.309. The molecule has 0 aliphatic rings. The van der Waals surface area contributed by atoms with Crippen molar-refractivity contribution in [1.29, 1.82) is 0 Å². The topological polar surface area (TPSA) is 42.8 Å². The summed E-state index contributed by atoms with van der Waals surface area (Å²) in [7, 11) is 1.82. The number of ether oxygens (including phenoxy) is 2. The molecule has 2 aromatic carbocycles. The first-order chi connectivity index (χ1) is 12.6. The minimum Gasteiger partial charge on any atom is -0.494 e. The highest BCUT2D eigenvalue weighted by atomic mass is 35.5. The molecule has 138 valence electrons. The molecule has 4 nitrogen and oxygen atoms in total. The van der Waals surface area contributed by atoms with Crippen molar-refractivity contribution in [1.82, 2.24) is 0 Å². The predicted octanol–water partition coefficient (Wildman–Crippen LogP) is 6.33. The van der Waals surface area contributed by atoms with Gasteiger partial charge in [0.2, 0.25) is 0 Å². The summed E-state index contributed by atoms with van der Waals surface area (Å²) in [6.07, 6.45) is 3.85.